The number of benzene rings is 1. The molecule has 1 unspecified atom stereocenters. The number of carbonyl (C=O) groups excluding carboxylic acids is 1. The number of amides is 1. The first-order valence-electron chi connectivity index (χ1n) is 7.13. The molecule has 5 nitrogen and oxygen atoms in total. The van der Waals surface area contributed by atoms with Crippen LogP contribution in [0.4, 0.5) is 0 Å². The minimum absolute atomic E-state index is 0.000328. The Bertz CT molecular complexity index is 763. The molecule has 6 heteroatoms. The van der Waals surface area contributed by atoms with Crippen LogP contribution in [-0.4, -0.2) is 34.0 Å². The Hall–Kier alpha value is -1.82. The van der Waals surface area contributed by atoms with Crippen molar-refractivity contribution in [2.24, 2.45) is 0 Å². The van der Waals surface area contributed by atoms with E-state index in [0.29, 0.717) is 5.58 Å². The Kier molecular flexibility index (Phi) is 3.72. The van der Waals surface area contributed by atoms with Crippen LogP contribution in [0.1, 0.15) is 35.9 Å². The molecule has 1 N–H and O–H groups in total. The molecule has 1 amide bonds. The fourth-order valence-corrected chi connectivity index (χ4v) is 3.24. The van der Waals surface area contributed by atoms with E-state index >= 15 is 0 Å². The number of carboxylic acid groups (broad SMARTS) is 1. The van der Waals surface area contributed by atoms with Crippen LogP contribution < -0.4 is 0 Å². The molecule has 0 aliphatic heterocycles. The van der Waals surface area contributed by atoms with E-state index in [1.807, 2.05) is 19.1 Å². The maximum absolute atomic E-state index is 12.7. The molecule has 1 fully saturated rings. The van der Waals surface area contributed by atoms with Gasteiger partial charge in [-0.2, -0.15) is 0 Å². The SMILES string of the molecule is Cc1cc(Br)cc2cc(C(=O)N(C3CC3)C(C)C(=O)O)oc12. The molecule has 0 bridgehead atoms. The lowest BCUT2D eigenvalue weighted by Crippen LogP contribution is -2.44. The molecule has 22 heavy (non-hydrogen) atoms. The number of furan rings is 1. The highest BCUT2D eigenvalue weighted by molar-refractivity contribution is 9.10. The zero-order chi connectivity index (χ0) is 16.0. The number of aryl methyl sites for hydroxylation is 1. The molecule has 0 saturated heterocycles. The van der Waals surface area contributed by atoms with Crippen molar-refractivity contribution >= 4 is 38.8 Å². The topological polar surface area (TPSA) is 70.8 Å². The summed E-state index contributed by atoms with van der Waals surface area (Å²) in [5.74, 6) is -1.17. The molecule has 1 saturated carbocycles. The van der Waals surface area contributed by atoms with Crippen molar-refractivity contribution in [1.82, 2.24) is 4.90 Å². The number of carbonyl (C=O) groups is 2. The standard InChI is InChI=1S/C16H16BrNO4/c1-8-5-11(17)6-10-7-13(22-14(8)10)15(19)18(12-3-4-12)9(2)16(20)21/h5-7,9,12H,3-4H2,1-2H3,(H,20,21). The monoisotopic (exact) mass is 365 g/mol. The molecular weight excluding hydrogens is 350 g/mol. The van der Waals surface area contributed by atoms with Crippen molar-refractivity contribution < 1.29 is 19.1 Å². The summed E-state index contributed by atoms with van der Waals surface area (Å²) < 4.78 is 6.61. The molecule has 1 aliphatic rings. The van der Waals surface area contributed by atoms with Gasteiger partial charge < -0.3 is 14.4 Å². The van der Waals surface area contributed by atoms with Crippen LogP contribution in [0.5, 0.6) is 0 Å². The first-order chi connectivity index (χ1) is 10.4. The molecule has 1 aromatic carbocycles. The number of fused-ring (bicyclic) bond motifs is 1. The molecule has 1 heterocycles. The van der Waals surface area contributed by atoms with E-state index in [2.05, 4.69) is 15.9 Å². The molecule has 1 atom stereocenters. The lowest BCUT2D eigenvalue weighted by atomic mass is 10.2. The second-order valence-corrected chi connectivity index (χ2v) is 6.63. The van der Waals surface area contributed by atoms with Crippen molar-refractivity contribution in [3.8, 4) is 0 Å². The van der Waals surface area contributed by atoms with Gasteiger partial charge in [0.05, 0.1) is 0 Å². The van der Waals surface area contributed by atoms with Crippen LogP contribution in [0.3, 0.4) is 0 Å². The Morgan fingerprint density at radius 3 is 2.64 bits per heavy atom. The first kappa shape index (κ1) is 15.1. The molecule has 2 aromatic rings. The first-order valence-corrected chi connectivity index (χ1v) is 7.93. The van der Waals surface area contributed by atoms with Gasteiger partial charge in [0.1, 0.15) is 11.6 Å². The van der Waals surface area contributed by atoms with Gasteiger partial charge in [-0.25, -0.2) is 4.79 Å². The summed E-state index contributed by atoms with van der Waals surface area (Å²) in [4.78, 5) is 25.4. The average Bonchev–Trinajstić information content (AvgIpc) is 3.17. The van der Waals surface area contributed by atoms with E-state index in [-0.39, 0.29) is 17.7 Å². The Labute approximate surface area is 136 Å². The minimum Gasteiger partial charge on any atom is -0.480 e. The maximum Gasteiger partial charge on any atom is 0.326 e. The number of nitrogens with zero attached hydrogens (tertiary/aromatic N) is 1. The minimum atomic E-state index is -1.00. The number of hydrogen-bond donors (Lipinski definition) is 1. The number of hydrogen-bond acceptors (Lipinski definition) is 3. The average molecular weight is 366 g/mol. The summed E-state index contributed by atoms with van der Waals surface area (Å²) in [5, 5.41) is 10.0. The summed E-state index contributed by atoms with van der Waals surface area (Å²) >= 11 is 3.42. The summed E-state index contributed by atoms with van der Waals surface area (Å²) in [6.45, 7) is 3.44. The quantitative estimate of drug-likeness (QED) is 0.898. The number of rotatable bonds is 4. The third-order valence-corrected chi connectivity index (χ3v) is 4.38. The van der Waals surface area contributed by atoms with E-state index in [0.717, 1.165) is 28.3 Å². The van der Waals surface area contributed by atoms with E-state index in [1.54, 1.807) is 6.07 Å². The zero-order valence-corrected chi connectivity index (χ0v) is 13.9. The van der Waals surface area contributed by atoms with E-state index in [1.165, 1.54) is 11.8 Å². The third-order valence-electron chi connectivity index (χ3n) is 3.93. The van der Waals surface area contributed by atoms with E-state index < -0.39 is 12.0 Å². The lowest BCUT2D eigenvalue weighted by molar-refractivity contribution is -0.141. The predicted molar refractivity (Wildman–Crippen MR) is 84.9 cm³/mol. The molecule has 0 spiro atoms. The summed E-state index contributed by atoms with van der Waals surface area (Å²) in [7, 11) is 0. The van der Waals surface area contributed by atoms with Gasteiger partial charge in [0.2, 0.25) is 0 Å². The largest absolute Gasteiger partial charge is 0.480 e. The van der Waals surface area contributed by atoms with Crippen molar-refractivity contribution in [1.29, 1.82) is 0 Å². The van der Waals surface area contributed by atoms with Gasteiger partial charge in [0, 0.05) is 15.9 Å². The number of aliphatic carboxylic acids is 1. The van der Waals surface area contributed by atoms with E-state index in [4.69, 9.17) is 4.42 Å². The van der Waals surface area contributed by atoms with Crippen LogP contribution in [0.15, 0.2) is 27.1 Å². The third kappa shape index (κ3) is 2.63. The van der Waals surface area contributed by atoms with Gasteiger partial charge in [-0.3, -0.25) is 4.79 Å². The normalized spacial score (nSPS) is 15.8. The van der Waals surface area contributed by atoms with Gasteiger partial charge in [0.25, 0.3) is 5.91 Å². The molecule has 3 rings (SSSR count). The van der Waals surface area contributed by atoms with Crippen molar-refractivity contribution in [2.45, 2.75) is 38.8 Å². The molecule has 116 valence electrons. The van der Waals surface area contributed by atoms with Gasteiger partial charge in [-0.05, 0) is 50.5 Å². The fraction of sp³-hybridized carbons (Fsp3) is 0.375. The number of carboxylic acids is 1. The predicted octanol–water partition coefficient (Wildman–Crippen LogP) is 3.58. The molecular formula is C16H16BrNO4. The second-order valence-electron chi connectivity index (χ2n) is 5.71. The highest BCUT2D eigenvalue weighted by atomic mass is 79.9. The van der Waals surface area contributed by atoms with Crippen molar-refractivity contribution in [2.75, 3.05) is 0 Å². The second kappa shape index (κ2) is 5.43. The molecule has 0 radical (unpaired) electrons. The van der Waals surface area contributed by atoms with Crippen molar-refractivity contribution in [3.05, 3.63) is 34.0 Å². The van der Waals surface area contributed by atoms with Crippen LogP contribution in [0.25, 0.3) is 11.0 Å². The highest BCUT2D eigenvalue weighted by Gasteiger charge is 2.39. The van der Waals surface area contributed by atoms with Gasteiger partial charge >= 0.3 is 5.97 Å². The Morgan fingerprint density at radius 1 is 1.36 bits per heavy atom. The molecule has 1 aliphatic carbocycles. The highest BCUT2D eigenvalue weighted by Crippen LogP contribution is 2.32. The summed E-state index contributed by atoms with van der Waals surface area (Å²) in [5.41, 5.74) is 1.58. The fourth-order valence-electron chi connectivity index (χ4n) is 2.65. The van der Waals surface area contributed by atoms with Crippen LogP contribution in [0.2, 0.25) is 0 Å². The van der Waals surface area contributed by atoms with Crippen LogP contribution >= 0.6 is 15.9 Å². The van der Waals surface area contributed by atoms with Crippen molar-refractivity contribution in [3.63, 3.8) is 0 Å². The van der Waals surface area contributed by atoms with Gasteiger partial charge in [0.15, 0.2) is 5.76 Å². The Balaban J connectivity index is 2.00. The van der Waals surface area contributed by atoms with Crippen LogP contribution in [0, 0.1) is 6.92 Å². The number of halogens is 1. The smallest absolute Gasteiger partial charge is 0.326 e. The maximum atomic E-state index is 12.7. The van der Waals surface area contributed by atoms with Gasteiger partial charge in [-0.15, -0.1) is 0 Å². The summed E-state index contributed by atoms with van der Waals surface area (Å²) in [6, 6.07) is 4.61. The zero-order valence-electron chi connectivity index (χ0n) is 12.3. The Morgan fingerprint density at radius 2 is 2.05 bits per heavy atom. The van der Waals surface area contributed by atoms with Crippen LogP contribution in [-0.2, 0) is 4.79 Å². The molecule has 1 aromatic heterocycles. The van der Waals surface area contributed by atoms with E-state index in [9.17, 15) is 14.7 Å². The lowest BCUT2D eigenvalue weighted by Gasteiger charge is -2.25. The summed E-state index contributed by atoms with van der Waals surface area (Å²) in [6.07, 6.45) is 1.68. The van der Waals surface area contributed by atoms with Gasteiger partial charge in [-0.1, -0.05) is 15.9 Å².